The Balaban J connectivity index is 0.000000119. The summed E-state index contributed by atoms with van der Waals surface area (Å²) in [6, 6.07) is 100. The van der Waals surface area contributed by atoms with E-state index in [-0.39, 0.29) is 0 Å². The number of rotatable bonds is 9. The Hall–Kier alpha value is -13.9. The normalized spacial score (nSPS) is 11.8. The van der Waals surface area contributed by atoms with E-state index in [4.69, 9.17) is 15.0 Å². The van der Waals surface area contributed by atoms with Crippen LogP contribution in [0.3, 0.4) is 0 Å². The first kappa shape index (κ1) is 76.1. The Labute approximate surface area is 702 Å². The first-order chi connectivity index (χ1) is 57.9. The second-order valence-electron chi connectivity index (χ2n) is 34.0. The molecular formula is C111H99N9. The highest BCUT2D eigenvalue weighted by Gasteiger charge is 2.25. The number of hydrogen-bond acceptors (Lipinski definition) is 3. The van der Waals surface area contributed by atoms with Crippen LogP contribution in [0.4, 0.5) is 0 Å². The van der Waals surface area contributed by atoms with Gasteiger partial charge in [-0.1, -0.05) is 192 Å². The summed E-state index contributed by atoms with van der Waals surface area (Å²) < 4.78 is 13.6. The van der Waals surface area contributed by atoms with Crippen LogP contribution in [0.1, 0.15) is 83.5 Å². The Kier molecular flexibility index (Phi) is 18.8. The van der Waals surface area contributed by atoms with Crippen molar-refractivity contribution in [3.63, 3.8) is 0 Å². The van der Waals surface area contributed by atoms with Crippen LogP contribution in [0, 0.1) is 104 Å². The summed E-state index contributed by atoms with van der Waals surface area (Å²) in [5.74, 6) is 2.78. The van der Waals surface area contributed by atoms with Crippen LogP contribution >= 0.6 is 0 Å². The summed E-state index contributed by atoms with van der Waals surface area (Å²) in [6.45, 7) is 33.0. The Morgan fingerprint density at radius 1 is 0.175 bits per heavy atom. The van der Waals surface area contributed by atoms with Gasteiger partial charge in [0.2, 0.25) is 17.8 Å². The number of benzene rings is 15. The molecule has 6 aromatic heterocycles. The summed E-state index contributed by atoms with van der Waals surface area (Å²) in [5.41, 5.74) is 48.3. The number of fused-ring (bicyclic) bond motifs is 12. The van der Waals surface area contributed by atoms with Crippen molar-refractivity contribution in [3.8, 4) is 84.6 Å². The van der Waals surface area contributed by atoms with Crippen LogP contribution in [-0.4, -0.2) is 42.4 Å². The van der Waals surface area contributed by atoms with Gasteiger partial charge in [-0.2, -0.15) is 0 Å². The summed E-state index contributed by atoms with van der Waals surface area (Å²) in [5, 5.41) is 7.45. The van der Waals surface area contributed by atoms with Crippen molar-refractivity contribution in [2.24, 2.45) is 21.1 Å². The number of nitrogens with zero attached hydrogens (tertiary/aromatic N) is 9. The maximum absolute atomic E-state index is 5.12. The fourth-order valence-corrected chi connectivity index (χ4v) is 20.2. The van der Waals surface area contributed by atoms with Gasteiger partial charge in [-0.3, -0.25) is 13.7 Å². The minimum atomic E-state index is 0.926. The molecule has 588 valence electrons. The maximum Gasteiger partial charge on any atom is 0.215 e. The lowest BCUT2D eigenvalue weighted by Gasteiger charge is -2.13. The van der Waals surface area contributed by atoms with Crippen LogP contribution in [-0.2, 0) is 21.1 Å². The molecule has 21 rings (SSSR count). The zero-order valence-corrected chi connectivity index (χ0v) is 72.0. The lowest BCUT2D eigenvalue weighted by atomic mass is 9.91. The van der Waals surface area contributed by atoms with E-state index >= 15 is 0 Å². The molecule has 0 aliphatic rings. The molecule has 21 aromatic rings. The van der Waals surface area contributed by atoms with Gasteiger partial charge < -0.3 is 13.7 Å². The van der Waals surface area contributed by atoms with Gasteiger partial charge in [0, 0.05) is 53.5 Å². The lowest BCUT2D eigenvalue weighted by molar-refractivity contribution is 0.870. The van der Waals surface area contributed by atoms with Crippen molar-refractivity contribution >= 4 is 98.5 Å². The van der Waals surface area contributed by atoms with E-state index in [0.717, 1.165) is 67.5 Å². The summed E-state index contributed by atoms with van der Waals surface area (Å²) in [7, 11) is 6.33. The molecule has 0 radical (unpaired) electrons. The van der Waals surface area contributed by atoms with Crippen molar-refractivity contribution in [1.29, 1.82) is 0 Å². The molecule has 6 heterocycles. The van der Waals surface area contributed by atoms with Crippen molar-refractivity contribution in [3.05, 3.63) is 356 Å². The maximum atomic E-state index is 5.12. The minimum absolute atomic E-state index is 0.926. The Morgan fingerprint density at radius 2 is 0.392 bits per heavy atom. The van der Waals surface area contributed by atoms with E-state index in [1.165, 1.54) is 199 Å². The second-order valence-corrected chi connectivity index (χ2v) is 34.0. The molecule has 120 heavy (non-hydrogen) atoms. The zero-order chi connectivity index (χ0) is 83.1. The summed E-state index contributed by atoms with van der Waals surface area (Å²) in [4.78, 5) is 15.3. The molecule has 9 heteroatoms. The minimum Gasteiger partial charge on any atom is -0.313 e. The number of hydrogen-bond donors (Lipinski definition) is 0. The largest absolute Gasteiger partial charge is 0.313 e. The second kappa shape index (κ2) is 29.6. The monoisotopic (exact) mass is 1560 g/mol. The van der Waals surface area contributed by atoms with Crippen LogP contribution in [0.5, 0.6) is 0 Å². The lowest BCUT2D eigenvalue weighted by Crippen LogP contribution is -2.03. The summed E-state index contributed by atoms with van der Waals surface area (Å²) in [6.07, 6.45) is 0. The van der Waals surface area contributed by atoms with Gasteiger partial charge in [-0.15, -0.1) is 0 Å². The van der Waals surface area contributed by atoms with Gasteiger partial charge in [0.05, 0.1) is 66.2 Å². The highest BCUT2D eigenvalue weighted by molar-refractivity contribution is 6.15. The Bertz CT molecular complexity index is 7570. The van der Waals surface area contributed by atoms with Crippen molar-refractivity contribution in [2.45, 2.75) is 104 Å². The standard InChI is InChI=1S/C38H35N3.C37H33N3.C36H31N3/c1-22-16-24(3)36(25(4)17-22)28-12-14-33-30(20-28)31-21-29(37-26(5)18-23(2)19-27(37)6)13-15-34(31)41(33)38-39-32-10-8-9-11-35(32)40(38)7;1-22-18-25(4)36(26(5)19-22)28-15-17-33-30(21-28)29-20-27(35-23(2)10-9-11-24(35)3)14-16-32(29)40(33)37-38-31-12-7-8-13-34(31)39(37)6;1-22-10-12-26(13-11-22)27-14-16-32-29(20-27)30-21-28(35-24(3)18-23(2)19-25(35)4)15-17-33(30)39(32)36-37-31-8-6-7-9-34(31)38(36)5/h8-21H,1-7H3;7-21H,1-6H3;6-21H,1-5H3. The molecule has 15 aromatic carbocycles. The molecule has 0 unspecified atom stereocenters. The van der Waals surface area contributed by atoms with Crippen LogP contribution < -0.4 is 0 Å². The predicted octanol–water partition coefficient (Wildman–Crippen LogP) is 28.6. The third-order valence-corrected chi connectivity index (χ3v) is 25.2. The van der Waals surface area contributed by atoms with E-state index in [0.29, 0.717) is 0 Å². The molecule has 0 N–H and O–H groups in total. The highest BCUT2D eigenvalue weighted by Crippen LogP contribution is 2.45. The molecule has 0 saturated carbocycles. The van der Waals surface area contributed by atoms with Crippen molar-refractivity contribution in [2.75, 3.05) is 0 Å². The average molecular weight is 1560 g/mol. The van der Waals surface area contributed by atoms with E-state index in [1.807, 2.05) is 0 Å². The van der Waals surface area contributed by atoms with Gasteiger partial charge >= 0.3 is 0 Å². The number of imidazole rings is 3. The highest BCUT2D eigenvalue weighted by atomic mass is 15.3. The van der Waals surface area contributed by atoms with Crippen LogP contribution in [0.25, 0.3) is 183 Å². The fourth-order valence-electron chi connectivity index (χ4n) is 20.2. The first-order valence-corrected chi connectivity index (χ1v) is 41.9. The van der Waals surface area contributed by atoms with Gasteiger partial charge in [0.1, 0.15) is 0 Å². The molecule has 0 amide bonds. The first-order valence-electron chi connectivity index (χ1n) is 41.9. The van der Waals surface area contributed by atoms with Gasteiger partial charge in [-0.25, -0.2) is 15.0 Å². The molecular weight excluding hydrogens is 1460 g/mol. The number of aromatic nitrogens is 9. The van der Waals surface area contributed by atoms with E-state index in [9.17, 15) is 0 Å². The molecule has 0 fully saturated rings. The quantitative estimate of drug-likeness (QED) is 0.145. The molecule has 0 saturated heterocycles. The van der Waals surface area contributed by atoms with Crippen molar-refractivity contribution in [1.82, 2.24) is 42.4 Å². The molecule has 9 nitrogen and oxygen atoms in total. The molecule has 0 spiro atoms. The fraction of sp³-hybridized carbons (Fsp3) is 0.162. The molecule has 0 bridgehead atoms. The predicted molar refractivity (Wildman–Crippen MR) is 509 cm³/mol. The van der Waals surface area contributed by atoms with E-state index in [2.05, 4.69) is 425 Å². The summed E-state index contributed by atoms with van der Waals surface area (Å²) >= 11 is 0. The van der Waals surface area contributed by atoms with Gasteiger partial charge in [0.15, 0.2) is 0 Å². The Morgan fingerprint density at radius 3 is 0.642 bits per heavy atom. The topological polar surface area (TPSA) is 68.2 Å². The number of aryl methyl sites for hydroxylation is 18. The average Bonchev–Trinajstić information content (AvgIpc) is 1.58. The third-order valence-electron chi connectivity index (χ3n) is 25.2. The zero-order valence-electron chi connectivity index (χ0n) is 72.0. The van der Waals surface area contributed by atoms with Gasteiger partial charge in [0.25, 0.3) is 0 Å². The smallest absolute Gasteiger partial charge is 0.215 e. The molecule has 0 aliphatic heterocycles. The van der Waals surface area contributed by atoms with E-state index < -0.39 is 0 Å². The molecule has 0 atom stereocenters. The van der Waals surface area contributed by atoms with Gasteiger partial charge in [-0.05, 0) is 335 Å². The molecule has 0 aliphatic carbocycles. The SMILES string of the molecule is Cc1cc(C)c(-c2ccc3c(c2)c2cc(-c4c(C)cc(C)cc4C)ccc2n3-c2nc3ccccc3n2C)c(C)c1.Cc1cc(C)c(-c2ccc3c(c2)c2cc(-c4c(C)cccc4C)ccc2n3-c2nc3ccccc3n2C)c(C)c1.Cc1ccc(-c2ccc3c(c2)c2cc(-c4c(C)cc(C)cc4C)ccc2n3-c2nc3ccccc3n2C)cc1. The van der Waals surface area contributed by atoms with Crippen molar-refractivity contribution < 1.29 is 0 Å². The third kappa shape index (κ3) is 12.9. The van der Waals surface area contributed by atoms with E-state index in [1.54, 1.807) is 0 Å². The van der Waals surface area contributed by atoms with Crippen LogP contribution in [0.15, 0.2) is 273 Å². The number of para-hydroxylation sites is 6. The van der Waals surface area contributed by atoms with Crippen LogP contribution in [0.2, 0.25) is 0 Å².